The molecule has 1 unspecified atom stereocenters. The minimum atomic E-state index is 0.443. The van der Waals surface area contributed by atoms with Crippen molar-refractivity contribution >= 4 is 0 Å². The van der Waals surface area contributed by atoms with Gasteiger partial charge >= 0.3 is 0 Å². The summed E-state index contributed by atoms with van der Waals surface area (Å²) in [4.78, 5) is 0. The van der Waals surface area contributed by atoms with Crippen molar-refractivity contribution in [3.63, 3.8) is 0 Å². The van der Waals surface area contributed by atoms with Crippen LogP contribution in [-0.4, -0.2) is 18.2 Å². The highest BCUT2D eigenvalue weighted by atomic mass is 16.3. The summed E-state index contributed by atoms with van der Waals surface area (Å²) in [7, 11) is 0. The molecule has 2 nitrogen and oxygen atoms in total. The van der Waals surface area contributed by atoms with Gasteiger partial charge in [-0.1, -0.05) is 18.2 Å². The Labute approximate surface area is 85.0 Å². The van der Waals surface area contributed by atoms with Crippen molar-refractivity contribution in [1.29, 1.82) is 0 Å². The van der Waals surface area contributed by atoms with Gasteiger partial charge in [0.25, 0.3) is 0 Å². The molecule has 0 aromatic heterocycles. The molecule has 1 saturated heterocycles. The van der Waals surface area contributed by atoms with E-state index >= 15 is 0 Å². The summed E-state index contributed by atoms with van der Waals surface area (Å²) in [6, 6.07) is 7.64. The normalized spacial score (nSPS) is 21.3. The lowest BCUT2D eigenvalue weighted by molar-refractivity contribution is 0.460. The average Bonchev–Trinajstić information content (AvgIpc) is 2.69. The lowest BCUT2D eigenvalue weighted by atomic mass is 9.98. The van der Waals surface area contributed by atoms with Crippen LogP contribution in [0.5, 0.6) is 5.75 Å². The van der Waals surface area contributed by atoms with Crippen molar-refractivity contribution in [2.24, 2.45) is 5.92 Å². The van der Waals surface area contributed by atoms with Gasteiger partial charge in [0.05, 0.1) is 0 Å². The predicted molar refractivity (Wildman–Crippen MR) is 57.4 cm³/mol. The summed E-state index contributed by atoms with van der Waals surface area (Å²) in [5.41, 5.74) is 1.08. The monoisotopic (exact) mass is 191 g/mol. The maximum absolute atomic E-state index is 9.57. The third-order valence-electron chi connectivity index (χ3n) is 2.98. The summed E-state index contributed by atoms with van der Waals surface area (Å²) < 4.78 is 0. The number of para-hydroxylation sites is 1. The van der Waals surface area contributed by atoms with Crippen LogP contribution in [0.2, 0.25) is 0 Å². The second-order valence-electron chi connectivity index (χ2n) is 4.03. The van der Waals surface area contributed by atoms with Gasteiger partial charge in [-0.25, -0.2) is 0 Å². The van der Waals surface area contributed by atoms with Crippen molar-refractivity contribution < 1.29 is 5.11 Å². The molecule has 1 aliphatic heterocycles. The zero-order valence-electron chi connectivity index (χ0n) is 8.37. The van der Waals surface area contributed by atoms with Crippen molar-refractivity contribution in [3.8, 4) is 5.75 Å². The van der Waals surface area contributed by atoms with Gasteiger partial charge in [0, 0.05) is 0 Å². The van der Waals surface area contributed by atoms with E-state index in [1.165, 1.54) is 12.8 Å². The number of benzene rings is 1. The van der Waals surface area contributed by atoms with Crippen molar-refractivity contribution in [2.75, 3.05) is 13.1 Å². The highest BCUT2D eigenvalue weighted by Gasteiger charge is 2.14. The van der Waals surface area contributed by atoms with Gasteiger partial charge in [0.1, 0.15) is 5.75 Å². The molecule has 2 rings (SSSR count). The molecule has 0 aliphatic carbocycles. The molecule has 1 fully saturated rings. The van der Waals surface area contributed by atoms with Crippen LogP contribution in [0, 0.1) is 5.92 Å². The van der Waals surface area contributed by atoms with E-state index in [0.717, 1.165) is 31.0 Å². The Kier molecular flexibility index (Phi) is 3.04. The zero-order valence-corrected chi connectivity index (χ0v) is 8.37. The fourth-order valence-corrected chi connectivity index (χ4v) is 2.04. The first kappa shape index (κ1) is 9.53. The number of hydrogen-bond donors (Lipinski definition) is 2. The molecule has 1 heterocycles. The number of phenolic OH excluding ortho intramolecular Hbond substituents is 1. The van der Waals surface area contributed by atoms with Crippen LogP contribution in [0.3, 0.4) is 0 Å². The van der Waals surface area contributed by atoms with Gasteiger partial charge in [-0.3, -0.25) is 0 Å². The summed E-state index contributed by atoms with van der Waals surface area (Å²) >= 11 is 0. The summed E-state index contributed by atoms with van der Waals surface area (Å²) in [6.07, 6.45) is 3.47. The number of aromatic hydroxyl groups is 1. The first-order valence-electron chi connectivity index (χ1n) is 5.34. The number of rotatable bonds is 3. The van der Waals surface area contributed by atoms with Crippen LogP contribution in [0.1, 0.15) is 18.4 Å². The van der Waals surface area contributed by atoms with Crippen molar-refractivity contribution in [2.45, 2.75) is 19.3 Å². The Morgan fingerprint density at radius 3 is 2.93 bits per heavy atom. The van der Waals surface area contributed by atoms with Crippen LogP contribution in [0.15, 0.2) is 24.3 Å². The number of phenols is 1. The van der Waals surface area contributed by atoms with Crippen LogP contribution in [0.4, 0.5) is 0 Å². The quantitative estimate of drug-likeness (QED) is 0.765. The standard InChI is InChI=1S/C12H17NO/c14-12-4-2-1-3-11(12)6-5-10-7-8-13-9-10/h1-4,10,13-14H,5-9H2. The molecule has 1 aliphatic rings. The first-order valence-corrected chi connectivity index (χ1v) is 5.34. The maximum Gasteiger partial charge on any atom is 0.118 e. The van der Waals surface area contributed by atoms with Crippen LogP contribution < -0.4 is 5.32 Å². The summed E-state index contributed by atoms with van der Waals surface area (Å²) in [5.74, 6) is 1.24. The Morgan fingerprint density at radius 1 is 1.36 bits per heavy atom. The first-order chi connectivity index (χ1) is 6.86. The molecule has 1 aromatic carbocycles. The molecule has 14 heavy (non-hydrogen) atoms. The molecular weight excluding hydrogens is 174 g/mol. The number of nitrogens with one attached hydrogen (secondary N) is 1. The van der Waals surface area contributed by atoms with E-state index in [1.54, 1.807) is 6.07 Å². The summed E-state index contributed by atoms with van der Waals surface area (Å²) in [6.45, 7) is 2.30. The van der Waals surface area contributed by atoms with Crippen LogP contribution >= 0.6 is 0 Å². The number of hydrogen-bond acceptors (Lipinski definition) is 2. The fraction of sp³-hybridized carbons (Fsp3) is 0.500. The Hall–Kier alpha value is -1.02. The molecule has 0 radical (unpaired) electrons. The van der Waals surface area contributed by atoms with E-state index in [2.05, 4.69) is 5.32 Å². The minimum absolute atomic E-state index is 0.443. The van der Waals surface area contributed by atoms with Gasteiger partial charge in [0.2, 0.25) is 0 Å². The highest BCUT2D eigenvalue weighted by molar-refractivity contribution is 5.31. The Bertz CT molecular complexity index is 292. The van der Waals surface area contributed by atoms with Crippen molar-refractivity contribution in [3.05, 3.63) is 29.8 Å². The molecule has 0 amide bonds. The van der Waals surface area contributed by atoms with E-state index in [1.807, 2.05) is 18.2 Å². The Morgan fingerprint density at radius 2 is 2.21 bits per heavy atom. The molecule has 1 aromatic rings. The molecule has 1 atom stereocenters. The topological polar surface area (TPSA) is 32.3 Å². The van der Waals surface area contributed by atoms with Gasteiger partial charge < -0.3 is 10.4 Å². The second-order valence-corrected chi connectivity index (χ2v) is 4.03. The van der Waals surface area contributed by atoms with Crippen molar-refractivity contribution in [1.82, 2.24) is 5.32 Å². The van der Waals surface area contributed by atoms with E-state index in [0.29, 0.717) is 5.75 Å². The maximum atomic E-state index is 9.57. The van der Waals surface area contributed by atoms with Crippen LogP contribution in [-0.2, 0) is 6.42 Å². The lowest BCUT2D eigenvalue weighted by Gasteiger charge is -2.08. The van der Waals surface area contributed by atoms with Gasteiger partial charge in [-0.15, -0.1) is 0 Å². The second kappa shape index (κ2) is 4.47. The lowest BCUT2D eigenvalue weighted by Crippen LogP contribution is -2.09. The molecule has 2 N–H and O–H groups in total. The highest BCUT2D eigenvalue weighted by Crippen LogP contribution is 2.21. The van der Waals surface area contributed by atoms with E-state index in [9.17, 15) is 5.11 Å². The van der Waals surface area contributed by atoms with Crippen LogP contribution in [0.25, 0.3) is 0 Å². The Balaban J connectivity index is 1.88. The molecule has 0 spiro atoms. The van der Waals surface area contributed by atoms with Gasteiger partial charge in [0.15, 0.2) is 0 Å². The average molecular weight is 191 g/mol. The smallest absolute Gasteiger partial charge is 0.118 e. The predicted octanol–water partition coefficient (Wildman–Crippen LogP) is 1.93. The van der Waals surface area contributed by atoms with Gasteiger partial charge in [-0.2, -0.15) is 0 Å². The molecule has 0 bridgehead atoms. The zero-order chi connectivity index (χ0) is 9.80. The largest absolute Gasteiger partial charge is 0.508 e. The SMILES string of the molecule is Oc1ccccc1CCC1CCNC1. The number of aryl methyl sites for hydroxylation is 1. The third-order valence-corrected chi connectivity index (χ3v) is 2.98. The van der Waals surface area contributed by atoms with E-state index in [-0.39, 0.29) is 0 Å². The summed E-state index contributed by atoms with van der Waals surface area (Å²) in [5, 5.41) is 12.9. The minimum Gasteiger partial charge on any atom is -0.508 e. The fourth-order valence-electron chi connectivity index (χ4n) is 2.04. The van der Waals surface area contributed by atoms with E-state index in [4.69, 9.17) is 0 Å². The third kappa shape index (κ3) is 2.26. The van der Waals surface area contributed by atoms with Gasteiger partial charge in [-0.05, 0) is 49.9 Å². The molecule has 76 valence electrons. The molecular formula is C12H17NO. The van der Waals surface area contributed by atoms with E-state index < -0.39 is 0 Å². The molecule has 0 saturated carbocycles. The molecule has 2 heteroatoms.